The zero-order valence-electron chi connectivity index (χ0n) is 18.3. The first-order chi connectivity index (χ1) is 17.4. The van der Waals surface area contributed by atoms with Gasteiger partial charge in [-0.2, -0.15) is 31.4 Å². The molecular formula is C19H11ClF6N6O4S2. The predicted molar refractivity (Wildman–Crippen MR) is 121 cm³/mol. The normalized spacial score (nSPS) is 12.7. The fraction of sp³-hybridized carbons (Fsp3) is 0.158. The highest BCUT2D eigenvalue weighted by molar-refractivity contribution is 7.91. The number of carbonyl (C=O) groups excluding carboxylic acids is 1. The number of nitrogens with zero attached hydrogens (tertiary/aromatic N) is 4. The number of alkyl halides is 6. The van der Waals surface area contributed by atoms with E-state index in [-0.39, 0.29) is 20.6 Å². The van der Waals surface area contributed by atoms with Gasteiger partial charge < -0.3 is 4.74 Å². The Bertz CT molecular complexity index is 1680. The molecule has 3 N–H and O–H groups in total. The number of rotatable bonds is 4. The quantitative estimate of drug-likeness (QED) is 0.310. The van der Waals surface area contributed by atoms with Gasteiger partial charge in [-0.15, -0.1) is 0 Å². The zero-order valence-corrected chi connectivity index (χ0v) is 20.7. The van der Waals surface area contributed by atoms with Gasteiger partial charge >= 0.3 is 18.4 Å². The van der Waals surface area contributed by atoms with Gasteiger partial charge in [-0.3, -0.25) is 5.32 Å². The van der Waals surface area contributed by atoms with E-state index in [9.17, 15) is 39.6 Å². The summed E-state index contributed by atoms with van der Waals surface area (Å²) in [6, 6.07) is 2.80. The second kappa shape index (κ2) is 9.37. The number of amides is 1. The van der Waals surface area contributed by atoms with Crippen LogP contribution in [0.1, 0.15) is 17.0 Å². The number of hydrogen-bond acceptors (Lipinski definition) is 8. The molecule has 0 unspecified atom stereocenters. The van der Waals surface area contributed by atoms with Crippen LogP contribution in [0.15, 0.2) is 34.7 Å². The predicted octanol–water partition coefficient (Wildman–Crippen LogP) is 5.11. The van der Waals surface area contributed by atoms with E-state index in [1.165, 1.54) is 6.92 Å². The molecule has 0 bridgehead atoms. The molecule has 202 valence electrons. The first kappa shape index (κ1) is 27.6. The summed E-state index contributed by atoms with van der Waals surface area (Å²) in [5.74, 6) is -0.562. The van der Waals surface area contributed by atoms with E-state index in [1.54, 1.807) is 0 Å². The van der Waals surface area contributed by atoms with Crippen molar-refractivity contribution in [1.82, 2.24) is 19.6 Å². The molecule has 0 saturated heterocycles. The highest BCUT2D eigenvalue weighted by Gasteiger charge is 2.37. The molecule has 4 aromatic rings. The van der Waals surface area contributed by atoms with Gasteiger partial charge in [0.1, 0.15) is 0 Å². The third-order valence-corrected chi connectivity index (χ3v) is 7.66. The Morgan fingerprint density at radius 2 is 1.82 bits per heavy atom. The van der Waals surface area contributed by atoms with Gasteiger partial charge in [0.05, 0.1) is 28.2 Å². The number of ether oxygens (including phenoxy) is 1. The first-order valence-electron chi connectivity index (χ1n) is 9.77. The zero-order chi connectivity index (χ0) is 28.2. The fourth-order valence-corrected chi connectivity index (χ4v) is 5.31. The number of fused-ring (bicyclic) bond motifs is 1. The number of nitrogens with one attached hydrogen (secondary N) is 1. The Labute approximate surface area is 217 Å². The van der Waals surface area contributed by atoms with E-state index < -0.39 is 61.8 Å². The molecule has 38 heavy (non-hydrogen) atoms. The number of primary sulfonamides is 1. The van der Waals surface area contributed by atoms with E-state index in [2.05, 4.69) is 20.4 Å². The van der Waals surface area contributed by atoms with Crippen molar-refractivity contribution in [2.75, 3.05) is 5.32 Å². The Morgan fingerprint density at radius 1 is 1.13 bits per heavy atom. The van der Waals surface area contributed by atoms with E-state index in [0.29, 0.717) is 28.0 Å². The Morgan fingerprint density at radius 3 is 2.37 bits per heavy atom. The largest absolute Gasteiger partial charge is 0.433 e. The Balaban J connectivity index is 1.73. The van der Waals surface area contributed by atoms with Crippen LogP contribution in [0.2, 0.25) is 5.02 Å². The Kier molecular flexibility index (Phi) is 6.79. The highest BCUT2D eigenvalue weighted by atomic mass is 35.5. The summed E-state index contributed by atoms with van der Waals surface area (Å²) < 4.78 is 108. The van der Waals surface area contributed by atoms with Gasteiger partial charge in [-0.1, -0.05) is 29.0 Å². The van der Waals surface area contributed by atoms with E-state index in [1.807, 2.05) is 0 Å². The van der Waals surface area contributed by atoms with Crippen LogP contribution in [-0.2, 0) is 22.4 Å². The fourth-order valence-electron chi connectivity index (χ4n) is 3.18. The van der Waals surface area contributed by atoms with Crippen LogP contribution in [0.3, 0.4) is 0 Å². The van der Waals surface area contributed by atoms with Crippen molar-refractivity contribution in [2.45, 2.75) is 23.5 Å². The molecule has 0 spiro atoms. The first-order valence-corrected chi connectivity index (χ1v) is 12.5. The van der Waals surface area contributed by atoms with E-state index in [0.717, 1.165) is 18.3 Å². The summed E-state index contributed by atoms with van der Waals surface area (Å²) in [4.78, 5) is 20.1. The van der Waals surface area contributed by atoms with Crippen LogP contribution < -0.4 is 15.2 Å². The van der Waals surface area contributed by atoms with Crippen molar-refractivity contribution in [3.8, 4) is 17.0 Å². The number of aromatic nitrogens is 4. The molecule has 0 aliphatic heterocycles. The number of hydrogen-bond donors (Lipinski definition) is 2. The third kappa shape index (κ3) is 5.52. The SMILES string of the molecule is Cc1nc(NC(=O)Oc2cnn3c(C(F)(F)F)cc(-c4ccc(C(F)(F)F)c(Cl)c4)nc23)sc1S(N)(=O)=O. The number of thiazole rings is 1. The van der Waals surface area contributed by atoms with Crippen molar-refractivity contribution in [3.63, 3.8) is 0 Å². The van der Waals surface area contributed by atoms with Crippen LogP contribution in [0.4, 0.5) is 36.3 Å². The molecule has 10 nitrogen and oxygen atoms in total. The summed E-state index contributed by atoms with van der Waals surface area (Å²) in [6.07, 6.45) is -10.3. The monoisotopic (exact) mass is 600 g/mol. The Hall–Kier alpha value is -3.48. The number of anilines is 1. The summed E-state index contributed by atoms with van der Waals surface area (Å²) in [5.41, 5.74) is -3.84. The number of benzene rings is 1. The van der Waals surface area contributed by atoms with Gasteiger partial charge in [0.25, 0.3) is 0 Å². The molecule has 3 aromatic heterocycles. The van der Waals surface area contributed by atoms with Gasteiger partial charge in [-0.05, 0) is 25.1 Å². The van der Waals surface area contributed by atoms with E-state index >= 15 is 0 Å². The number of nitrogens with two attached hydrogens (primary N) is 1. The van der Waals surface area contributed by atoms with E-state index in [4.69, 9.17) is 21.5 Å². The molecule has 0 fully saturated rings. The summed E-state index contributed by atoms with van der Waals surface area (Å²) in [6.45, 7) is 1.32. The molecule has 0 radical (unpaired) electrons. The lowest BCUT2D eigenvalue weighted by Crippen LogP contribution is -2.17. The summed E-state index contributed by atoms with van der Waals surface area (Å²) in [7, 11) is -4.13. The van der Waals surface area contributed by atoms with Gasteiger partial charge in [0.15, 0.2) is 26.4 Å². The average molecular weight is 601 g/mol. The van der Waals surface area contributed by atoms with Crippen LogP contribution in [-0.4, -0.2) is 34.1 Å². The van der Waals surface area contributed by atoms with Crippen LogP contribution in [0.25, 0.3) is 16.9 Å². The second-order valence-corrected chi connectivity index (χ2v) is 10.6. The van der Waals surface area contributed by atoms with Gasteiger partial charge in [0, 0.05) is 5.56 Å². The van der Waals surface area contributed by atoms with Crippen molar-refractivity contribution in [1.29, 1.82) is 0 Å². The van der Waals surface area contributed by atoms with Crippen LogP contribution >= 0.6 is 22.9 Å². The molecule has 0 aliphatic carbocycles. The topological polar surface area (TPSA) is 142 Å². The number of sulfonamides is 1. The van der Waals surface area contributed by atoms with Crippen molar-refractivity contribution < 1.29 is 44.3 Å². The maximum Gasteiger partial charge on any atom is 0.433 e. The van der Waals surface area contributed by atoms with Crippen molar-refractivity contribution >= 4 is 49.8 Å². The lowest BCUT2D eigenvalue weighted by atomic mass is 10.1. The maximum atomic E-state index is 13.8. The molecule has 19 heteroatoms. The molecule has 1 aromatic carbocycles. The smallest absolute Gasteiger partial charge is 0.404 e. The number of halogens is 7. The molecule has 1 amide bonds. The standard InChI is InChI=1S/C19H11ClF6N6O4S2/c1-7-15(38(27,34)35)37-16(29-7)31-17(33)36-12-6-28-32-13(19(24,25)26)5-11(30-14(12)32)8-2-3-9(10(20)4-8)18(21,22)23/h2-6H,1H3,(H2,27,34,35)(H,29,31,33). The lowest BCUT2D eigenvalue weighted by molar-refractivity contribution is -0.142. The van der Waals surface area contributed by atoms with Crippen LogP contribution in [0.5, 0.6) is 5.75 Å². The van der Waals surface area contributed by atoms with Gasteiger partial charge in [0.2, 0.25) is 10.0 Å². The van der Waals surface area contributed by atoms with Crippen molar-refractivity contribution in [3.05, 3.63) is 52.4 Å². The molecule has 4 rings (SSSR count). The van der Waals surface area contributed by atoms with Crippen LogP contribution in [0, 0.1) is 6.92 Å². The summed E-state index contributed by atoms with van der Waals surface area (Å²) >= 11 is 6.20. The van der Waals surface area contributed by atoms with Crippen molar-refractivity contribution in [2.24, 2.45) is 5.14 Å². The minimum Gasteiger partial charge on any atom is -0.404 e. The van der Waals surface area contributed by atoms with Gasteiger partial charge in [-0.25, -0.2) is 32.8 Å². The minimum absolute atomic E-state index is 0.0138. The minimum atomic E-state index is -5.00. The molecule has 3 heterocycles. The number of aryl methyl sites for hydroxylation is 1. The summed E-state index contributed by atoms with van der Waals surface area (Å²) in [5, 5.41) is 9.69. The highest BCUT2D eigenvalue weighted by Crippen LogP contribution is 2.38. The molecule has 0 atom stereocenters. The number of carbonyl (C=O) groups is 1. The maximum absolute atomic E-state index is 13.8. The molecule has 0 aliphatic rings. The third-order valence-electron chi connectivity index (χ3n) is 4.72. The second-order valence-electron chi connectivity index (χ2n) is 7.41. The average Bonchev–Trinajstić information content (AvgIpc) is 3.34. The molecular weight excluding hydrogens is 590 g/mol. The lowest BCUT2D eigenvalue weighted by Gasteiger charge is -2.13. The molecule has 0 saturated carbocycles.